The number of nitrogens with one attached hydrogen (secondary N) is 2. The summed E-state index contributed by atoms with van der Waals surface area (Å²) >= 11 is 0. The highest BCUT2D eigenvalue weighted by Crippen LogP contribution is 2.30. The highest BCUT2D eigenvalue weighted by atomic mass is 19.4. The summed E-state index contributed by atoms with van der Waals surface area (Å²) in [6.45, 7) is 0.394. The van der Waals surface area contributed by atoms with Crippen molar-refractivity contribution < 1.29 is 31.9 Å². The number of carbonyl (C=O) groups excluding carboxylic acids is 2. The number of amides is 2. The van der Waals surface area contributed by atoms with Gasteiger partial charge in [-0.15, -0.1) is 5.10 Å². The van der Waals surface area contributed by atoms with Crippen molar-refractivity contribution in [2.24, 2.45) is 11.8 Å². The number of hydrogen-bond acceptors (Lipinski definition) is 4. The summed E-state index contributed by atoms with van der Waals surface area (Å²) < 4.78 is 57.7. The first-order valence-corrected chi connectivity index (χ1v) is 10.4. The summed E-state index contributed by atoms with van der Waals surface area (Å²) in [6.07, 6.45) is -4.50. The molecule has 4 rings (SSSR count). The van der Waals surface area contributed by atoms with Crippen molar-refractivity contribution in [1.29, 1.82) is 0 Å². The van der Waals surface area contributed by atoms with E-state index in [1.54, 1.807) is 19.1 Å². The van der Waals surface area contributed by atoms with Gasteiger partial charge in [0.25, 0.3) is 0 Å². The Balaban J connectivity index is 1.68. The van der Waals surface area contributed by atoms with Gasteiger partial charge in [0, 0.05) is 24.1 Å². The van der Waals surface area contributed by atoms with Crippen molar-refractivity contribution in [2.45, 2.75) is 13.1 Å². The molecule has 1 aliphatic rings. The van der Waals surface area contributed by atoms with E-state index in [9.17, 15) is 27.2 Å². The number of ether oxygens (including phenoxy) is 1. The molecule has 178 valence electrons. The smallest absolute Gasteiger partial charge is 0.422 e. The minimum atomic E-state index is -4.50. The van der Waals surface area contributed by atoms with Crippen LogP contribution in [0.2, 0.25) is 0 Å². The largest absolute Gasteiger partial charge is 0.484 e. The highest BCUT2D eigenvalue weighted by molar-refractivity contribution is 5.98. The van der Waals surface area contributed by atoms with E-state index in [-0.39, 0.29) is 24.0 Å². The van der Waals surface area contributed by atoms with E-state index in [0.29, 0.717) is 16.9 Å². The summed E-state index contributed by atoms with van der Waals surface area (Å²) in [5, 5.41) is 9.66. The Bertz CT molecular complexity index is 1220. The monoisotopic (exact) mass is 476 g/mol. The molecule has 2 aromatic carbocycles. The maximum Gasteiger partial charge on any atom is 0.422 e. The molecule has 0 spiro atoms. The maximum absolute atomic E-state index is 13.9. The molecule has 0 aliphatic carbocycles. The van der Waals surface area contributed by atoms with Crippen LogP contribution >= 0.6 is 0 Å². The zero-order valence-electron chi connectivity index (χ0n) is 17.9. The number of hydrogen-bond donors (Lipinski definition) is 2. The van der Waals surface area contributed by atoms with Crippen molar-refractivity contribution in [1.82, 2.24) is 15.1 Å². The van der Waals surface area contributed by atoms with E-state index in [1.165, 1.54) is 47.1 Å². The van der Waals surface area contributed by atoms with Gasteiger partial charge in [-0.25, -0.2) is 9.07 Å². The number of benzene rings is 2. The van der Waals surface area contributed by atoms with Gasteiger partial charge >= 0.3 is 6.18 Å². The standard InChI is InChI=1S/C23H20F4N4O3/c1-13-18(11-28-21(13)32)22(33)29-20-10-19(31(30-20)16-6-3-5-15(24)9-16)14-4-2-7-17(8-14)34-12-23(25,26)27/h2-10,13,18H,11-12H2,1H3,(H,28,32)(H,29,30,33)/t13-,18+/m1/s1. The average molecular weight is 476 g/mol. The lowest BCUT2D eigenvalue weighted by atomic mass is 9.97. The second-order valence-corrected chi connectivity index (χ2v) is 7.87. The number of anilines is 1. The molecule has 2 amide bonds. The Hall–Kier alpha value is -3.89. The van der Waals surface area contributed by atoms with Crippen LogP contribution in [-0.2, 0) is 9.59 Å². The normalized spacial score (nSPS) is 18.0. The molecule has 7 nitrogen and oxygen atoms in total. The zero-order valence-corrected chi connectivity index (χ0v) is 17.9. The first-order valence-electron chi connectivity index (χ1n) is 10.4. The number of halogens is 4. The first-order chi connectivity index (χ1) is 16.1. The van der Waals surface area contributed by atoms with Crippen molar-refractivity contribution in [3.8, 4) is 22.7 Å². The third kappa shape index (κ3) is 5.19. The van der Waals surface area contributed by atoms with Crippen LogP contribution in [0.25, 0.3) is 16.9 Å². The number of rotatable bonds is 6. The molecule has 0 bridgehead atoms. The minimum Gasteiger partial charge on any atom is -0.484 e. The van der Waals surface area contributed by atoms with Crippen molar-refractivity contribution in [3.05, 3.63) is 60.4 Å². The lowest BCUT2D eigenvalue weighted by Crippen LogP contribution is -2.28. The zero-order chi connectivity index (χ0) is 24.5. The number of nitrogens with zero attached hydrogens (tertiary/aromatic N) is 2. The van der Waals surface area contributed by atoms with Gasteiger partial charge < -0.3 is 15.4 Å². The van der Waals surface area contributed by atoms with Crippen LogP contribution in [0.15, 0.2) is 54.6 Å². The molecule has 2 atom stereocenters. The van der Waals surface area contributed by atoms with Crippen molar-refractivity contribution in [2.75, 3.05) is 18.5 Å². The minimum absolute atomic E-state index is 0.0169. The van der Waals surface area contributed by atoms with Crippen molar-refractivity contribution in [3.63, 3.8) is 0 Å². The first kappa shape index (κ1) is 23.3. The van der Waals surface area contributed by atoms with Crippen molar-refractivity contribution >= 4 is 17.6 Å². The third-order valence-electron chi connectivity index (χ3n) is 5.40. The van der Waals surface area contributed by atoms with Crippen LogP contribution < -0.4 is 15.4 Å². The molecule has 3 aromatic rings. The average Bonchev–Trinajstić information content (AvgIpc) is 3.35. The third-order valence-corrected chi connectivity index (χ3v) is 5.40. The molecule has 1 aromatic heterocycles. The SMILES string of the molecule is C[C@H]1C(=O)NC[C@@H]1C(=O)Nc1cc(-c2cccc(OCC(F)(F)F)c2)n(-c2cccc(F)c2)n1. The fraction of sp³-hybridized carbons (Fsp3) is 0.261. The fourth-order valence-corrected chi connectivity index (χ4v) is 3.63. The quantitative estimate of drug-likeness (QED) is 0.528. The molecule has 1 aliphatic heterocycles. The van der Waals surface area contributed by atoms with Gasteiger partial charge in [0.15, 0.2) is 12.4 Å². The molecule has 11 heteroatoms. The molecular formula is C23H20F4N4O3. The lowest BCUT2D eigenvalue weighted by Gasteiger charge is -2.11. The molecule has 1 saturated heterocycles. The molecular weight excluding hydrogens is 456 g/mol. The van der Waals surface area contributed by atoms with Gasteiger partial charge in [0.1, 0.15) is 11.6 Å². The predicted octanol–water partition coefficient (Wildman–Crippen LogP) is 3.94. The van der Waals surface area contributed by atoms with E-state index in [4.69, 9.17) is 4.74 Å². The van der Waals surface area contributed by atoms with E-state index >= 15 is 0 Å². The van der Waals surface area contributed by atoms with Crippen LogP contribution in [-0.4, -0.2) is 40.9 Å². The van der Waals surface area contributed by atoms with E-state index in [1.807, 2.05) is 0 Å². The van der Waals surface area contributed by atoms with E-state index in [2.05, 4.69) is 15.7 Å². The Morgan fingerprint density at radius 2 is 1.97 bits per heavy atom. The molecule has 34 heavy (non-hydrogen) atoms. The Morgan fingerprint density at radius 3 is 2.65 bits per heavy atom. The van der Waals surface area contributed by atoms with Gasteiger partial charge in [-0.2, -0.15) is 13.2 Å². The van der Waals surface area contributed by atoms with Gasteiger partial charge in [0.05, 0.1) is 17.3 Å². The van der Waals surface area contributed by atoms with Gasteiger partial charge in [0.2, 0.25) is 11.8 Å². The van der Waals surface area contributed by atoms with E-state index in [0.717, 1.165) is 0 Å². The fourth-order valence-electron chi connectivity index (χ4n) is 3.63. The lowest BCUT2D eigenvalue weighted by molar-refractivity contribution is -0.153. The Morgan fingerprint density at radius 1 is 1.21 bits per heavy atom. The number of carbonyl (C=O) groups is 2. The van der Waals surface area contributed by atoms with Crippen LogP contribution in [0.1, 0.15) is 6.92 Å². The molecule has 0 unspecified atom stereocenters. The van der Waals surface area contributed by atoms with Gasteiger partial charge in [-0.3, -0.25) is 9.59 Å². The van der Waals surface area contributed by atoms with Crippen LogP contribution in [0.5, 0.6) is 5.75 Å². The summed E-state index contributed by atoms with van der Waals surface area (Å²) in [4.78, 5) is 24.4. The molecule has 0 saturated carbocycles. The maximum atomic E-state index is 13.9. The second-order valence-electron chi connectivity index (χ2n) is 7.87. The summed E-state index contributed by atoms with van der Waals surface area (Å²) in [7, 11) is 0. The Labute approximate surface area is 191 Å². The van der Waals surface area contributed by atoms with Gasteiger partial charge in [-0.1, -0.05) is 25.1 Å². The molecule has 0 radical (unpaired) electrons. The summed E-state index contributed by atoms with van der Waals surface area (Å²) in [6, 6.07) is 13.0. The van der Waals surface area contributed by atoms with Gasteiger partial charge in [-0.05, 0) is 30.3 Å². The molecule has 2 N–H and O–H groups in total. The predicted molar refractivity (Wildman–Crippen MR) is 115 cm³/mol. The van der Waals surface area contributed by atoms with E-state index < -0.39 is 36.3 Å². The molecule has 2 heterocycles. The van der Waals surface area contributed by atoms with Crippen LogP contribution in [0.4, 0.5) is 23.4 Å². The Kier molecular flexibility index (Phi) is 6.27. The molecule has 1 fully saturated rings. The summed E-state index contributed by atoms with van der Waals surface area (Å²) in [5.41, 5.74) is 1.15. The second kappa shape index (κ2) is 9.16. The number of alkyl halides is 3. The van der Waals surface area contributed by atoms with Crippen LogP contribution in [0, 0.1) is 17.7 Å². The highest BCUT2D eigenvalue weighted by Gasteiger charge is 2.36. The summed E-state index contributed by atoms with van der Waals surface area (Å²) in [5.74, 6) is -2.13. The number of aromatic nitrogens is 2. The topological polar surface area (TPSA) is 85.3 Å². The van der Waals surface area contributed by atoms with Crippen LogP contribution in [0.3, 0.4) is 0 Å².